The number of pyridine rings is 1. The molecule has 2 aliphatic heterocycles. The largest absolute Gasteiger partial charge is 0.493 e. The van der Waals surface area contributed by atoms with E-state index in [9.17, 15) is 9.18 Å². The number of nitrogens with zero attached hydrogens (tertiary/aromatic N) is 3. The van der Waals surface area contributed by atoms with E-state index in [4.69, 9.17) is 21.1 Å². The van der Waals surface area contributed by atoms with Crippen LogP contribution in [0.25, 0.3) is 0 Å². The van der Waals surface area contributed by atoms with Crippen molar-refractivity contribution in [1.82, 2.24) is 14.8 Å². The zero-order chi connectivity index (χ0) is 23.3. The maximum Gasteiger partial charge on any atom is 0.223 e. The van der Waals surface area contributed by atoms with E-state index in [2.05, 4.69) is 9.88 Å². The summed E-state index contributed by atoms with van der Waals surface area (Å²) < 4.78 is 24.9. The van der Waals surface area contributed by atoms with E-state index in [0.29, 0.717) is 57.4 Å². The number of likely N-dealkylation sites (tertiary alicyclic amines) is 1. The predicted molar refractivity (Wildman–Crippen MR) is 125 cm³/mol. The fraction of sp³-hybridized carbons (Fsp3) is 0.520. The van der Waals surface area contributed by atoms with E-state index in [1.165, 1.54) is 12.3 Å². The van der Waals surface area contributed by atoms with Gasteiger partial charge in [-0.2, -0.15) is 0 Å². The van der Waals surface area contributed by atoms with Crippen LogP contribution in [0.2, 0.25) is 5.02 Å². The van der Waals surface area contributed by atoms with E-state index in [1.54, 1.807) is 6.07 Å². The van der Waals surface area contributed by atoms with Gasteiger partial charge in [0.05, 0.1) is 31.7 Å². The minimum absolute atomic E-state index is 0.149. The average molecular weight is 476 g/mol. The summed E-state index contributed by atoms with van der Waals surface area (Å²) in [6.45, 7) is 7.08. The van der Waals surface area contributed by atoms with Crippen molar-refractivity contribution in [2.24, 2.45) is 5.41 Å². The number of ether oxygens (including phenoxy) is 2. The van der Waals surface area contributed by atoms with Crippen LogP contribution in [0.1, 0.15) is 30.5 Å². The Kier molecular flexibility index (Phi) is 7.83. The molecule has 2 saturated heterocycles. The Morgan fingerprint density at radius 2 is 2.06 bits per heavy atom. The lowest BCUT2D eigenvalue weighted by Crippen LogP contribution is -2.50. The van der Waals surface area contributed by atoms with Gasteiger partial charge in [0.2, 0.25) is 5.91 Å². The zero-order valence-electron chi connectivity index (χ0n) is 19.1. The molecule has 1 atom stereocenters. The Morgan fingerprint density at radius 1 is 1.24 bits per heavy atom. The highest BCUT2D eigenvalue weighted by Gasteiger charge is 2.39. The standard InChI is InChI=1S/C25H31ClFN3O3/c1-19-13-22(5-6-23(19)26)33-18-25(14-24(31)30-9-11-32-12-10-30)7-2-8-29(17-25)16-21-4-3-20(27)15-28-21/h3-6,13,15H,2,7-12,14,16-18H2,1H3/t25-/m1/s1. The molecule has 0 aliphatic carbocycles. The number of halogens is 2. The van der Waals surface area contributed by atoms with Crippen molar-refractivity contribution in [3.8, 4) is 5.75 Å². The topological polar surface area (TPSA) is 54.9 Å². The Hall–Kier alpha value is -2.22. The molecule has 0 bridgehead atoms. The highest BCUT2D eigenvalue weighted by Crippen LogP contribution is 2.36. The molecular formula is C25H31ClFN3O3. The second-order valence-electron chi connectivity index (χ2n) is 9.15. The van der Waals surface area contributed by atoms with E-state index in [0.717, 1.165) is 36.4 Å². The summed E-state index contributed by atoms with van der Waals surface area (Å²) >= 11 is 6.17. The van der Waals surface area contributed by atoms with Crippen LogP contribution in [0.5, 0.6) is 5.75 Å². The monoisotopic (exact) mass is 475 g/mol. The maximum absolute atomic E-state index is 13.3. The number of benzene rings is 1. The summed E-state index contributed by atoms with van der Waals surface area (Å²) in [5.74, 6) is 0.567. The number of carbonyl (C=O) groups is 1. The minimum atomic E-state index is -0.338. The van der Waals surface area contributed by atoms with Crippen LogP contribution in [-0.4, -0.2) is 66.7 Å². The predicted octanol–water partition coefficient (Wildman–Crippen LogP) is 4.09. The van der Waals surface area contributed by atoms with Gasteiger partial charge in [0, 0.05) is 43.0 Å². The van der Waals surface area contributed by atoms with Gasteiger partial charge in [0.25, 0.3) is 0 Å². The Morgan fingerprint density at radius 3 is 2.79 bits per heavy atom. The quantitative estimate of drug-likeness (QED) is 0.603. The first-order valence-electron chi connectivity index (χ1n) is 11.5. The van der Waals surface area contributed by atoms with Gasteiger partial charge in [-0.15, -0.1) is 0 Å². The minimum Gasteiger partial charge on any atom is -0.493 e. The lowest BCUT2D eigenvalue weighted by molar-refractivity contribution is -0.139. The molecule has 33 heavy (non-hydrogen) atoms. The maximum atomic E-state index is 13.3. The van der Waals surface area contributed by atoms with E-state index in [1.807, 2.05) is 30.0 Å². The van der Waals surface area contributed by atoms with Crippen LogP contribution in [0.3, 0.4) is 0 Å². The average Bonchev–Trinajstić information content (AvgIpc) is 2.82. The van der Waals surface area contributed by atoms with Crippen LogP contribution in [0.4, 0.5) is 4.39 Å². The van der Waals surface area contributed by atoms with Crippen molar-refractivity contribution in [1.29, 1.82) is 0 Å². The first kappa shape index (κ1) is 23.9. The van der Waals surface area contributed by atoms with Gasteiger partial charge in [-0.3, -0.25) is 14.7 Å². The van der Waals surface area contributed by atoms with Crippen molar-refractivity contribution in [3.63, 3.8) is 0 Å². The lowest BCUT2D eigenvalue weighted by Gasteiger charge is -2.43. The molecule has 0 spiro atoms. The summed E-state index contributed by atoms with van der Waals surface area (Å²) in [5.41, 5.74) is 1.46. The van der Waals surface area contributed by atoms with Crippen LogP contribution < -0.4 is 4.74 Å². The third kappa shape index (κ3) is 6.43. The van der Waals surface area contributed by atoms with E-state index < -0.39 is 0 Å². The number of morpholine rings is 1. The molecule has 1 amide bonds. The number of rotatable bonds is 7. The summed E-state index contributed by atoms with van der Waals surface area (Å²) in [6, 6.07) is 8.80. The highest BCUT2D eigenvalue weighted by molar-refractivity contribution is 6.31. The number of amides is 1. The van der Waals surface area contributed by atoms with Gasteiger partial charge in [-0.1, -0.05) is 11.6 Å². The van der Waals surface area contributed by atoms with Crippen LogP contribution >= 0.6 is 11.6 Å². The second-order valence-corrected chi connectivity index (χ2v) is 9.56. The van der Waals surface area contributed by atoms with Gasteiger partial charge in [0.1, 0.15) is 11.6 Å². The number of hydrogen-bond acceptors (Lipinski definition) is 5. The summed E-state index contributed by atoms with van der Waals surface area (Å²) in [6.07, 6.45) is 3.54. The molecule has 0 N–H and O–H groups in total. The normalized spacial score (nSPS) is 21.7. The Labute approximate surface area is 199 Å². The SMILES string of the molecule is Cc1cc(OC[C@@]2(CC(=O)N3CCOCC3)CCCN(Cc3ccc(F)cn3)C2)ccc1Cl. The third-order valence-corrected chi connectivity index (χ3v) is 6.90. The molecule has 6 nitrogen and oxygen atoms in total. The molecule has 178 valence electrons. The van der Waals surface area contributed by atoms with Crippen molar-refractivity contribution < 1.29 is 18.7 Å². The van der Waals surface area contributed by atoms with Crippen molar-refractivity contribution in [2.45, 2.75) is 32.7 Å². The van der Waals surface area contributed by atoms with E-state index >= 15 is 0 Å². The molecule has 1 aromatic heterocycles. The molecule has 4 rings (SSSR count). The first-order valence-corrected chi connectivity index (χ1v) is 11.9. The Bertz CT molecular complexity index is 952. The number of carbonyl (C=O) groups excluding carboxylic acids is 1. The van der Waals surface area contributed by atoms with Gasteiger partial charge in [-0.05, 0) is 62.2 Å². The number of hydrogen-bond donors (Lipinski definition) is 0. The third-order valence-electron chi connectivity index (χ3n) is 6.48. The second kappa shape index (κ2) is 10.8. The zero-order valence-corrected chi connectivity index (χ0v) is 19.8. The van der Waals surface area contributed by atoms with Gasteiger partial charge in [0.15, 0.2) is 0 Å². The number of aromatic nitrogens is 1. The highest BCUT2D eigenvalue weighted by atomic mass is 35.5. The van der Waals surface area contributed by atoms with Crippen LogP contribution in [0.15, 0.2) is 36.5 Å². The number of piperidine rings is 1. The molecule has 0 unspecified atom stereocenters. The lowest BCUT2D eigenvalue weighted by atomic mass is 9.77. The molecule has 2 aromatic rings. The van der Waals surface area contributed by atoms with Crippen LogP contribution in [-0.2, 0) is 16.1 Å². The Balaban J connectivity index is 1.49. The molecular weight excluding hydrogens is 445 g/mol. The summed E-state index contributed by atoms with van der Waals surface area (Å²) in [5, 5.41) is 0.704. The molecule has 2 fully saturated rings. The van der Waals surface area contributed by atoms with Gasteiger partial charge in [-0.25, -0.2) is 4.39 Å². The molecule has 0 radical (unpaired) electrons. The van der Waals surface area contributed by atoms with E-state index in [-0.39, 0.29) is 17.1 Å². The van der Waals surface area contributed by atoms with Crippen molar-refractivity contribution in [3.05, 3.63) is 58.6 Å². The summed E-state index contributed by atoms with van der Waals surface area (Å²) in [4.78, 5) is 21.6. The fourth-order valence-corrected chi connectivity index (χ4v) is 4.79. The summed E-state index contributed by atoms with van der Waals surface area (Å²) in [7, 11) is 0. The molecule has 0 saturated carbocycles. The van der Waals surface area contributed by atoms with Gasteiger partial charge < -0.3 is 14.4 Å². The van der Waals surface area contributed by atoms with Crippen molar-refractivity contribution >= 4 is 17.5 Å². The first-order chi connectivity index (χ1) is 15.9. The number of aryl methyl sites for hydroxylation is 1. The molecule has 2 aliphatic rings. The fourth-order valence-electron chi connectivity index (χ4n) is 4.68. The molecule has 8 heteroatoms. The molecule has 1 aromatic carbocycles. The van der Waals surface area contributed by atoms with Crippen molar-refractivity contribution in [2.75, 3.05) is 46.0 Å². The van der Waals surface area contributed by atoms with Gasteiger partial charge >= 0.3 is 0 Å². The molecule has 3 heterocycles. The smallest absolute Gasteiger partial charge is 0.223 e. The van der Waals surface area contributed by atoms with Crippen LogP contribution in [0, 0.1) is 18.2 Å².